The molecule has 0 spiro atoms. The average Bonchev–Trinajstić information content (AvgIpc) is 2.89. The molecule has 130 valence electrons. The summed E-state index contributed by atoms with van der Waals surface area (Å²) in [5, 5.41) is 2.88. The first kappa shape index (κ1) is 18.2. The molecule has 0 aromatic heterocycles. The Balaban J connectivity index is 2.23. The third-order valence-electron chi connectivity index (χ3n) is 4.48. The Labute approximate surface area is 137 Å². The number of ketones is 1. The Morgan fingerprint density at radius 2 is 2.00 bits per heavy atom. The van der Waals surface area contributed by atoms with Crippen LogP contribution in [0.5, 0.6) is 0 Å². The normalized spacial score (nSPS) is 24.7. The number of esters is 1. The van der Waals surface area contributed by atoms with Gasteiger partial charge in [-0.3, -0.25) is 4.79 Å². The second-order valence-corrected chi connectivity index (χ2v) is 6.79. The van der Waals surface area contributed by atoms with E-state index < -0.39 is 24.0 Å². The maximum absolute atomic E-state index is 12.8. The predicted octanol–water partition coefficient (Wildman–Crippen LogP) is 2.69. The van der Waals surface area contributed by atoms with Gasteiger partial charge in [-0.1, -0.05) is 6.42 Å². The van der Waals surface area contributed by atoms with Gasteiger partial charge < -0.3 is 10.1 Å². The van der Waals surface area contributed by atoms with Gasteiger partial charge in [0.15, 0.2) is 0 Å². The molecule has 0 aliphatic heterocycles. The van der Waals surface area contributed by atoms with Gasteiger partial charge >= 0.3 is 12.1 Å². The van der Waals surface area contributed by atoms with E-state index in [1.165, 1.54) is 18.9 Å². The fourth-order valence-electron chi connectivity index (χ4n) is 3.40. The summed E-state index contributed by atoms with van der Waals surface area (Å²) in [6, 6.07) is -0.722. The highest BCUT2D eigenvalue weighted by Crippen LogP contribution is 2.52. The van der Waals surface area contributed by atoms with Crippen molar-refractivity contribution in [2.45, 2.75) is 37.9 Å². The van der Waals surface area contributed by atoms with Crippen molar-refractivity contribution in [3.63, 3.8) is 0 Å². The first-order valence-electron chi connectivity index (χ1n) is 7.50. The topological polar surface area (TPSA) is 55.4 Å². The van der Waals surface area contributed by atoms with E-state index in [-0.39, 0.29) is 17.4 Å². The van der Waals surface area contributed by atoms with Gasteiger partial charge in [-0.2, -0.15) is 24.9 Å². The largest absolute Gasteiger partial charge is 0.467 e. The lowest BCUT2D eigenvalue weighted by Crippen LogP contribution is -2.48. The lowest BCUT2D eigenvalue weighted by atomic mass is 9.71. The Kier molecular flexibility index (Phi) is 5.65. The highest BCUT2D eigenvalue weighted by atomic mass is 32.2. The summed E-state index contributed by atoms with van der Waals surface area (Å²) in [4.78, 5) is 23.5. The second kappa shape index (κ2) is 7.15. The third-order valence-corrected chi connectivity index (χ3v) is 5.12. The zero-order chi connectivity index (χ0) is 17.2. The van der Waals surface area contributed by atoms with Gasteiger partial charge in [0.25, 0.3) is 5.78 Å². The minimum absolute atomic E-state index is 0.0715. The minimum Gasteiger partial charge on any atom is -0.467 e. The molecule has 4 nitrogen and oxygen atoms in total. The molecule has 2 aliphatic carbocycles. The zero-order valence-electron chi connectivity index (χ0n) is 13.0. The number of hydrogen-bond acceptors (Lipinski definition) is 5. The van der Waals surface area contributed by atoms with E-state index >= 15 is 0 Å². The molecular weight excluding hydrogens is 331 g/mol. The molecule has 2 rings (SSSR count). The summed E-state index contributed by atoms with van der Waals surface area (Å²) in [5.74, 6) is -2.04. The number of halogens is 3. The quantitative estimate of drug-likeness (QED) is 0.715. The Morgan fingerprint density at radius 3 is 2.57 bits per heavy atom. The third kappa shape index (κ3) is 3.67. The monoisotopic (exact) mass is 351 g/mol. The van der Waals surface area contributed by atoms with Gasteiger partial charge in [0.05, 0.1) is 7.11 Å². The SMILES string of the molecule is COC(=O)C(CCSC)NC1=C(C(=O)C(F)(F)F)C2CCCC12. The Hall–Kier alpha value is -1.18. The van der Waals surface area contributed by atoms with Crippen LogP contribution in [0.2, 0.25) is 0 Å². The van der Waals surface area contributed by atoms with E-state index in [1.807, 2.05) is 6.26 Å². The molecule has 3 unspecified atom stereocenters. The van der Waals surface area contributed by atoms with Crippen molar-refractivity contribution < 1.29 is 27.5 Å². The van der Waals surface area contributed by atoms with Gasteiger partial charge in [0.2, 0.25) is 0 Å². The number of fused-ring (bicyclic) bond motifs is 1. The van der Waals surface area contributed by atoms with E-state index in [9.17, 15) is 22.8 Å². The van der Waals surface area contributed by atoms with Crippen LogP contribution in [-0.4, -0.2) is 43.1 Å². The molecule has 0 saturated heterocycles. The Bertz CT molecular complexity index is 519. The van der Waals surface area contributed by atoms with Crippen molar-refractivity contribution in [3.8, 4) is 0 Å². The average molecular weight is 351 g/mol. The number of hydrogen-bond donors (Lipinski definition) is 1. The fourth-order valence-corrected chi connectivity index (χ4v) is 3.87. The molecule has 0 amide bonds. The van der Waals surface area contributed by atoms with E-state index in [1.54, 1.807) is 0 Å². The molecule has 2 aliphatic rings. The summed E-state index contributed by atoms with van der Waals surface area (Å²) in [6.45, 7) is 0. The van der Waals surface area contributed by atoms with E-state index in [0.717, 1.165) is 12.8 Å². The second-order valence-electron chi connectivity index (χ2n) is 5.80. The number of thioether (sulfide) groups is 1. The lowest BCUT2D eigenvalue weighted by Gasteiger charge is -2.39. The number of nitrogens with one attached hydrogen (secondary N) is 1. The highest BCUT2D eigenvalue weighted by molar-refractivity contribution is 7.98. The molecule has 0 heterocycles. The van der Waals surface area contributed by atoms with Gasteiger partial charge in [0.1, 0.15) is 6.04 Å². The molecule has 8 heteroatoms. The number of carbonyl (C=O) groups is 2. The smallest absolute Gasteiger partial charge is 0.454 e. The highest BCUT2D eigenvalue weighted by Gasteiger charge is 2.53. The molecule has 0 aromatic rings. The fraction of sp³-hybridized carbons (Fsp3) is 0.733. The molecule has 23 heavy (non-hydrogen) atoms. The summed E-state index contributed by atoms with van der Waals surface area (Å²) in [7, 11) is 1.24. The van der Waals surface area contributed by atoms with Crippen LogP contribution in [0, 0.1) is 11.8 Å². The van der Waals surface area contributed by atoms with E-state index in [4.69, 9.17) is 4.74 Å². The zero-order valence-corrected chi connectivity index (χ0v) is 13.9. The number of ether oxygens (including phenoxy) is 1. The molecule has 1 fully saturated rings. The maximum Gasteiger partial charge on any atom is 0.454 e. The summed E-state index contributed by atoms with van der Waals surface area (Å²) >= 11 is 1.53. The van der Waals surface area contributed by atoms with Gasteiger partial charge in [-0.05, 0) is 37.2 Å². The first-order valence-corrected chi connectivity index (χ1v) is 8.89. The van der Waals surface area contributed by atoms with Crippen molar-refractivity contribution in [2.75, 3.05) is 19.1 Å². The number of Topliss-reactive ketones (excluding diaryl/α,β-unsaturated/α-hetero) is 1. The summed E-state index contributed by atoms with van der Waals surface area (Å²) < 4.78 is 43.1. The molecule has 1 N–H and O–H groups in total. The maximum atomic E-state index is 12.8. The van der Waals surface area contributed by atoms with Crippen LogP contribution in [0.25, 0.3) is 0 Å². The van der Waals surface area contributed by atoms with Gasteiger partial charge in [-0.25, -0.2) is 4.79 Å². The number of carbonyl (C=O) groups excluding carboxylic acids is 2. The lowest BCUT2D eigenvalue weighted by molar-refractivity contribution is -0.168. The number of allylic oxidation sites excluding steroid dienone is 2. The molecule has 1 saturated carbocycles. The Morgan fingerprint density at radius 1 is 1.35 bits per heavy atom. The van der Waals surface area contributed by atoms with Crippen LogP contribution in [0.15, 0.2) is 11.3 Å². The van der Waals surface area contributed by atoms with Crippen molar-refractivity contribution in [3.05, 3.63) is 11.3 Å². The standard InChI is InChI=1S/C15H20F3NO3S/c1-22-14(21)10(6-7-23-2)19-12-9-5-3-4-8(9)11(12)13(20)15(16,17)18/h8-10,19H,3-7H2,1-2H3. The van der Waals surface area contributed by atoms with Crippen molar-refractivity contribution >= 4 is 23.5 Å². The van der Waals surface area contributed by atoms with Gasteiger partial charge in [0, 0.05) is 17.2 Å². The molecule has 0 aromatic carbocycles. The summed E-state index contributed by atoms with van der Waals surface area (Å²) in [5.41, 5.74) is 0.115. The van der Waals surface area contributed by atoms with E-state index in [0.29, 0.717) is 24.3 Å². The molecule has 0 bridgehead atoms. The summed E-state index contributed by atoms with van der Waals surface area (Å²) in [6.07, 6.45) is -0.428. The van der Waals surface area contributed by atoms with Crippen molar-refractivity contribution in [2.24, 2.45) is 11.8 Å². The van der Waals surface area contributed by atoms with Crippen LogP contribution in [0.4, 0.5) is 13.2 Å². The van der Waals surface area contributed by atoms with Gasteiger partial charge in [-0.15, -0.1) is 0 Å². The molecule has 3 atom stereocenters. The number of alkyl halides is 3. The van der Waals surface area contributed by atoms with Crippen molar-refractivity contribution in [1.29, 1.82) is 0 Å². The predicted molar refractivity (Wildman–Crippen MR) is 80.9 cm³/mol. The van der Waals surface area contributed by atoms with Crippen LogP contribution in [0.1, 0.15) is 25.7 Å². The minimum atomic E-state index is -4.88. The van der Waals surface area contributed by atoms with Crippen LogP contribution >= 0.6 is 11.8 Å². The van der Waals surface area contributed by atoms with Crippen molar-refractivity contribution in [1.82, 2.24) is 5.32 Å². The van der Waals surface area contributed by atoms with Crippen LogP contribution < -0.4 is 5.32 Å². The number of methoxy groups -OCH3 is 1. The first-order chi connectivity index (χ1) is 10.8. The van der Waals surface area contributed by atoms with Crippen LogP contribution in [0.3, 0.4) is 0 Å². The molecule has 0 radical (unpaired) electrons. The van der Waals surface area contributed by atoms with E-state index in [2.05, 4.69) is 5.32 Å². The number of rotatable bonds is 7. The molecular formula is C15H20F3NO3S. The van der Waals surface area contributed by atoms with Crippen LogP contribution in [-0.2, 0) is 14.3 Å².